The van der Waals surface area contributed by atoms with Crippen molar-refractivity contribution in [2.45, 2.75) is 6.42 Å². The van der Waals surface area contributed by atoms with E-state index in [2.05, 4.69) is 18.6 Å². The zero-order valence-corrected chi connectivity index (χ0v) is 12.9. The molecule has 0 aromatic heterocycles. The van der Waals surface area contributed by atoms with E-state index in [0.29, 0.717) is 13.2 Å². The lowest BCUT2D eigenvalue weighted by atomic mass is 10.5. The maximum absolute atomic E-state index is 6.19. The predicted octanol–water partition coefficient (Wildman–Crippen LogP) is 5.80. The standard InChI is InChI=1S/C3H7Cl4N4OP3/c4-13(5)9-14(6)8-2-1-3-12-15(7,10-13)11-14/h8H,1-3H2. The van der Waals surface area contributed by atoms with E-state index in [1.165, 1.54) is 0 Å². The summed E-state index contributed by atoms with van der Waals surface area (Å²) >= 11 is 24.2. The summed E-state index contributed by atoms with van der Waals surface area (Å²) < 4.78 is 17.6. The Morgan fingerprint density at radius 1 is 1.07 bits per heavy atom. The van der Waals surface area contributed by atoms with E-state index in [1.54, 1.807) is 0 Å². The van der Waals surface area contributed by atoms with Gasteiger partial charge in [-0.3, -0.25) is 5.09 Å². The summed E-state index contributed by atoms with van der Waals surface area (Å²) in [6.45, 7) is -4.31. The van der Waals surface area contributed by atoms with Crippen molar-refractivity contribution in [1.29, 1.82) is 0 Å². The topological polar surface area (TPSA) is 58.3 Å². The van der Waals surface area contributed by atoms with Gasteiger partial charge in [0.05, 0.1) is 6.61 Å². The van der Waals surface area contributed by atoms with Gasteiger partial charge >= 0.3 is 0 Å². The van der Waals surface area contributed by atoms with Crippen LogP contribution in [0.15, 0.2) is 13.5 Å². The number of nitrogens with one attached hydrogen (secondary N) is 1. The molecule has 2 aliphatic rings. The van der Waals surface area contributed by atoms with E-state index in [-0.39, 0.29) is 0 Å². The van der Waals surface area contributed by atoms with Crippen LogP contribution in [0.4, 0.5) is 0 Å². The highest BCUT2D eigenvalue weighted by atomic mass is 35.9. The third-order valence-corrected chi connectivity index (χ3v) is 13.6. The number of hydrogen-bond donors (Lipinski definition) is 1. The molecule has 2 unspecified atom stereocenters. The van der Waals surface area contributed by atoms with Crippen LogP contribution in [0, 0.1) is 0 Å². The fraction of sp³-hybridized carbons (Fsp3) is 1.00. The van der Waals surface area contributed by atoms with Gasteiger partial charge in [0.15, 0.2) is 0 Å². The first-order valence-corrected chi connectivity index (χ1v) is 12.5. The van der Waals surface area contributed by atoms with Gasteiger partial charge in [-0.1, -0.05) is 0 Å². The molecule has 0 spiro atoms. The van der Waals surface area contributed by atoms with Crippen LogP contribution in [-0.4, -0.2) is 13.2 Å². The van der Waals surface area contributed by atoms with Crippen LogP contribution in [0.2, 0.25) is 0 Å². The number of halogens is 4. The molecular weight excluding hydrogens is 343 g/mol. The molecule has 2 bridgehead atoms. The molecule has 15 heavy (non-hydrogen) atoms. The highest BCUT2D eigenvalue weighted by molar-refractivity contribution is 8.17. The number of rotatable bonds is 0. The first kappa shape index (κ1) is 13.2. The maximum Gasteiger partial charge on any atom is 0.299 e. The average Bonchev–Trinajstić information content (AvgIpc) is 1.95. The van der Waals surface area contributed by atoms with E-state index in [9.17, 15) is 0 Å². The predicted molar refractivity (Wildman–Crippen MR) is 70.0 cm³/mol. The van der Waals surface area contributed by atoms with Gasteiger partial charge in [-0.05, 0) is 51.4 Å². The Bertz CT molecular complexity index is 431. The Morgan fingerprint density at radius 3 is 2.53 bits per heavy atom. The Hall–Kier alpha value is 1.77. The van der Waals surface area contributed by atoms with Crippen LogP contribution in [0.3, 0.4) is 0 Å². The van der Waals surface area contributed by atoms with Crippen molar-refractivity contribution < 1.29 is 4.52 Å². The third kappa shape index (κ3) is 3.37. The van der Waals surface area contributed by atoms with Crippen molar-refractivity contribution in [3.05, 3.63) is 0 Å². The van der Waals surface area contributed by atoms with Crippen molar-refractivity contribution in [2.24, 2.45) is 13.5 Å². The van der Waals surface area contributed by atoms with Gasteiger partial charge in [0.1, 0.15) is 0 Å². The molecule has 0 amide bonds. The van der Waals surface area contributed by atoms with Crippen molar-refractivity contribution in [1.82, 2.24) is 5.09 Å². The molecule has 1 N–H and O–H groups in total. The second-order valence-electron chi connectivity index (χ2n) is 2.82. The van der Waals surface area contributed by atoms with E-state index >= 15 is 0 Å². The fourth-order valence-corrected chi connectivity index (χ4v) is 16.5. The lowest BCUT2D eigenvalue weighted by Gasteiger charge is -2.27. The summed E-state index contributed by atoms with van der Waals surface area (Å²) in [5.74, 6) is -2.84. The maximum atomic E-state index is 6.19. The molecule has 12 heteroatoms. The summed E-state index contributed by atoms with van der Waals surface area (Å²) in [4.78, 5) is 0. The van der Waals surface area contributed by atoms with Crippen LogP contribution in [0.1, 0.15) is 6.42 Å². The summed E-state index contributed by atoms with van der Waals surface area (Å²) in [5.41, 5.74) is 0. The summed E-state index contributed by atoms with van der Waals surface area (Å²) in [6.07, 6.45) is 0.777. The van der Waals surface area contributed by atoms with Gasteiger partial charge in [0.2, 0.25) is 6.71 Å². The molecule has 0 saturated carbocycles. The van der Waals surface area contributed by atoms with Crippen LogP contribution in [0.25, 0.3) is 0 Å². The monoisotopic (exact) mass is 348 g/mol. The van der Waals surface area contributed by atoms with Gasteiger partial charge in [0.25, 0.3) is 12.7 Å². The summed E-state index contributed by atoms with van der Waals surface area (Å²) in [6, 6.07) is 0. The quantitative estimate of drug-likeness (QED) is 0.561. The summed E-state index contributed by atoms with van der Waals surface area (Å²) in [7, 11) is 0. The number of nitrogens with zero attached hydrogens (tertiary/aromatic N) is 3. The Morgan fingerprint density at radius 2 is 1.80 bits per heavy atom. The van der Waals surface area contributed by atoms with Gasteiger partial charge in [-0.15, -0.1) is 0 Å². The van der Waals surface area contributed by atoms with Gasteiger partial charge < -0.3 is 4.52 Å². The second kappa shape index (κ2) is 4.46. The highest BCUT2D eigenvalue weighted by Crippen LogP contribution is 2.84. The van der Waals surface area contributed by atoms with Crippen molar-refractivity contribution in [2.75, 3.05) is 13.2 Å². The minimum atomic E-state index is -2.84. The van der Waals surface area contributed by atoms with Gasteiger partial charge in [-0.25, -0.2) is 0 Å². The number of fused-ring (bicyclic) bond motifs is 1. The van der Waals surface area contributed by atoms with Crippen LogP contribution < -0.4 is 5.09 Å². The Labute approximate surface area is 107 Å². The fourth-order valence-electron chi connectivity index (χ4n) is 1.06. The average molecular weight is 350 g/mol. The lowest BCUT2D eigenvalue weighted by Crippen LogP contribution is -2.12. The molecule has 88 valence electrons. The minimum absolute atomic E-state index is 0.460. The SMILES string of the molecule is ClP1(Cl)=NP2(Cl)=NP(Cl)(=N1)NCCCO2. The first-order valence-electron chi connectivity index (χ1n) is 3.92. The molecule has 0 radical (unpaired) electrons. The minimum Gasteiger partial charge on any atom is -0.316 e. The Kier molecular flexibility index (Phi) is 3.93. The Balaban J connectivity index is 2.61. The zero-order chi connectivity index (χ0) is 11.2. The number of hydrogen-bond acceptors (Lipinski definition) is 5. The smallest absolute Gasteiger partial charge is 0.299 e. The van der Waals surface area contributed by atoms with Crippen molar-refractivity contribution in [3.8, 4) is 0 Å². The molecule has 2 rings (SSSR count). The van der Waals surface area contributed by atoms with Crippen LogP contribution in [0.5, 0.6) is 0 Å². The van der Waals surface area contributed by atoms with E-state index in [0.717, 1.165) is 6.42 Å². The molecule has 2 atom stereocenters. The molecule has 2 aliphatic heterocycles. The molecule has 0 saturated heterocycles. The highest BCUT2D eigenvalue weighted by Gasteiger charge is 2.35. The molecule has 2 heterocycles. The third-order valence-electron chi connectivity index (χ3n) is 1.56. The normalized spacial score (nSPS) is 44.0. The largest absolute Gasteiger partial charge is 0.316 e. The second-order valence-corrected chi connectivity index (χ2v) is 14.5. The first-order chi connectivity index (χ1) is 6.83. The molecule has 5 nitrogen and oxygen atoms in total. The van der Waals surface area contributed by atoms with Crippen molar-refractivity contribution in [3.63, 3.8) is 0 Å². The van der Waals surface area contributed by atoms with Gasteiger partial charge in [0, 0.05) is 6.54 Å². The van der Waals surface area contributed by atoms with Gasteiger partial charge in [-0.2, -0.15) is 13.5 Å². The molecule has 0 fully saturated rings. The van der Waals surface area contributed by atoms with Crippen LogP contribution in [-0.2, 0) is 4.52 Å². The molecule has 0 aliphatic carbocycles. The van der Waals surface area contributed by atoms with Crippen molar-refractivity contribution >= 4 is 64.4 Å². The van der Waals surface area contributed by atoms with Crippen LogP contribution >= 0.6 is 64.4 Å². The van der Waals surface area contributed by atoms with E-state index < -0.39 is 19.4 Å². The molecule has 0 aromatic carbocycles. The summed E-state index contributed by atoms with van der Waals surface area (Å²) in [5, 5.41) is 3.02. The molecule has 0 aromatic rings. The van der Waals surface area contributed by atoms with E-state index in [4.69, 9.17) is 49.5 Å². The lowest BCUT2D eigenvalue weighted by molar-refractivity contribution is 0.345. The van der Waals surface area contributed by atoms with E-state index in [1.807, 2.05) is 0 Å². The zero-order valence-electron chi connectivity index (χ0n) is 7.22. The molecular formula is C3H7Cl4N4OP3.